The molecule has 0 spiro atoms. The summed E-state index contributed by atoms with van der Waals surface area (Å²) in [6, 6.07) is 15.4. The van der Waals surface area contributed by atoms with Crippen LogP contribution in [0.2, 0.25) is 0 Å². The second-order valence-corrected chi connectivity index (χ2v) is 8.63. The molecule has 4 aromatic rings. The smallest absolute Gasteiger partial charge is 0.487 e. The average Bonchev–Trinajstić information content (AvgIpc) is 3.21. The molecule has 1 N–H and O–H groups in total. The summed E-state index contributed by atoms with van der Waals surface area (Å²) in [4.78, 5) is 11.4. The summed E-state index contributed by atoms with van der Waals surface area (Å²) in [5, 5.41) is 0.152. The van der Waals surface area contributed by atoms with Gasteiger partial charge in [0.25, 0.3) is 0 Å². The Kier molecular flexibility index (Phi) is 6.75. The van der Waals surface area contributed by atoms with Gasteiger partial charge in [0.1, 0.15) is 12.4 Å². The number of fused-ring (bicyclic) bond motifs is 1. The molecule has 4 rings (SSSR count). The van der Waals surface area contributed by atoms with E-state index in [9.17, 15) is 13.0 Å². The zero-order chi connectivity index (χ0) is 23.4. The van der Waals surface area contributed by atoms with Crippen LogP contribution < -0.4 is 14.2 Å². The number of nitrogens with one attached hydrogen (secondary N) is 1. The largest absolute Gasteiger partial charge is 0.491 e. The van der Waals surface area contributed by atoms with Crippen molar-refractivity contribution < 1.29 is 27.2 Å². The van der Waals surface area contributed by atoms with Crippen LogP contribution >= 0.6 is 11.6 Å². The molecule has 0 aliphatic heterocycles. The third kappa shape index (κ3) is 5.77. The van der Waals surface area contributed by atoms with Crippen LogP contribution in [0.1, 0.15) is 11.3 Å². The molecular formula is C22H18ClF2N3O4S. The van der Waals surface area contributed by atoms with Crippen molar-refractivity contribution in [1.29, 1.82) is 0 Å². The number of hydrogen-bond donors (Lipinski definition) is 1. The summed E-state index contributed by atoms with van der Waals surface area (Å²) >= 11 is 4.80. The fourth-order valence-electron chi connectivity index (χ4n) is 3.10. The van der Waals surface area contributed by atoms with Gasteiger partial charge in [0.2, 0.25) is 0 Å². The van der Waals surface area contributed by atoms with E-state index in [2.05, 4.69) is 19.7 Å². The molecule has 1 atom stereocenters. The number of aromatic amines is 1. The SMILES string of the molecule is COc1c(OCc2ccccc2)ccnc1CS(=O)c1nc2ccc(OC(F)(F)Cl)cc2[nH]1. The Morgan fingerprint density at radius 3 is 2.67 bits per heavy atom. The number of aromatic nitrogens is 3. The Labute approximate surface area is 195 Å². The monoisotopic (exact) mass is 493 g/mol. The highest BCUT2D eigenvalue weighted by Crippen LogP contribution is 2.32. The fraction of sp³-hybridized carbons (Fsp3) is 0.182. The minimum atomic E-state index is -3.84. The Morgan fingerprint density at radius 1 is 1.15 bits per heavy atom. The van der Waals surface area contributed by atoms with Crippen molar-refractivity contribution in [2.45, 2.75) is 23.1 Å². The highest BCUT2D eigenvalue weighted by Gasteiger charge is 2.28. The Hall–Kier alpha value is -3.24. The number of methoxy groups -OCH3 is 1. The summed E-state index contributed by atoms with van der Waals surface area (Å²) in [5.41, 5.74) is -1.62. The minimum Gasteiger partial charge on any atom is -0.491 e. The van der Waals surface area contributed by atoms with Gasteiger partial charge in [-0.05, 0) is 17.7 Å². The van der Waals surface area contributed by atoms with E-state index in [1.54, 1.807) is 12.3 Å². The molecule has 0 amide bonds. The fourth-order valence-corrected chi connectivity index (χ4v) is 4.21. The number of H-pyrrole nitrogens is 1. The second-order valence-electron chi connectivity index (χ2n) is 6.82. The molecule has 0 saturated carbocycles. The molecule has 1 unspecified atom stereocenters. The van der Waals surface area contributed by atoms with Gasteiger partial charge in [-0.2, -0.15) is 0 Å². The maximum absolute atomic E-state index is 13.0. The van der Waals surface area contributed by atoms with E-state index >= 15 is 0 Å². The minimum absolute atomic E-state index is 0.00532. The van der Waals surface area contributed by atoms with Crippen LogP contribution in [0.3, 0.4) is 0 Å². The van der Waals surface area contributed by atoms with Crippen molar-refractivity contribution in [2.24, 2.45) is 0 Å². The highest BCUT2D eigenvalue weighted by atomic mass is 35.5. The number of rotatable bonds is 9. The lowest BCUT2D eigenvalue weighted by Gasteiger charge is -2.13. The number of benzene rings is 2. The molecule has 0 aliphatic carbocycles. The highest BCUT2D eigenvalue weighted by molar-refractivity contribution is 7.84. The van der Waals surface area contributed by atoms with E-state index in [0.717, 1.165) is 5.56 Å². The first-order valence-electron chi connectivity index (χ1n) is 9.65. The predicted molar refractivity (Wildman–Crippen MR) is 119 cm³/mol. The molecule has 0 radical (unpaired) electrons. The normalized spacial score (nSPS) is 12.5. The van der Waals surface area contributed by atoms with Gasteiger partial charge in [0.15, 0.2) is 16.7 Å². The van der Waals surface area contributed by atoms with Gasteiger partial charge in [-0.1, -0.05) is 30.3 Å². The summed E-state index contributed by atoms with van der Waals surface area (Å²) in [6.45, 7) is 0.332. The van der Waals surface area contributed by atoms with E-state index in [-0.39, 0.29) is 16.7 Å². The van der Waals surface area contributed by atoms with Crippen molar-refractivity contribution in [3.05, 3.63) is 72.1 Å². The number of ether oxygens (including phenoxy) is 3. The van der Waals surface area contributed by atoms with Gasteiger partial charge in [-0.3, -0.25) is 9.19 Å². The van der Waals surface area contributed by atoms with Crippen molar-refractivity contribution in [3.63, 3.8) is 0 Å². The van der Waals surface area contributed by atoms with E-state index in [1.165, 1.54) is 25.3 Å². The first-order valence-corrected chi connectivity index (χ1v) is 11.3. The molecular weight excluding hydrogens is 476 g/mol. The molecule has 2 aromatic heterocycles. The lowest BCUT2D eigenvalue weighted by atomic mass is 10.2. The number of alkyl halides is 3. The number of halogens is 3. The van der Waals surface area contributed by atoms with Crippen LogP contribution in [-0.4, -0.2) is 31.8 Å². The van der Waals surface area contributed by atoms with Crippen molar-refractivity contribution >= 4 is 33.4 Å². The summed E-state index contributed by atoms with van der Waals surface area (Å²) in [6.07, 6.45) is 1.55. The van der Waals surface area contributed by atoms with E-state index in [0.29, 0.717) is 34.8 Å². The predicted octanol–water partition coefficient (Wildman–Crippen LogP) is 5.02. The van der Waals surface area contributed by atoms with Crippen LogP contribution in [0.25, 0.3) is 11.0 Å². The number of pyridine rings is 1. The standard InChI is InChI=1S/C22H18ClF2N3O4S/c1-30-20-18(26-10-9-19(20)31-12-14-5-3-2-4-6-14)13-33(29)21-27-16-8-7-15(11-17(16)28-21)32-22(23,24)25/h2-11H,12-13H2,1H3,(H,27,28). The quantitative estimate of drug-likeness (QED) is 0.329. The van der Waals surface area contributed by atoms with Crippen LogP contribution in [0.15, 0.2) is 66.0 Å². The third-order valence-corrected chi connectivity index (χ3v) is 5.77. The van der Waals surface area contributed by atoms with Crippen LogP contribution in [-0.2, 0) is 23.2 Å². The summed E-state index contributed by atoms with van der Waals surface area (Å²) < 4.78 is 54.4. The topological polar surface area (TPSA) is 86.3 Å². The lowest BCUT2D eigenvalue weighted by Crippen LogP contribution is -2.15. The van der Waals surface area contributed by atoms with E-state index in [4.69, 9.17) is 21.1 Å². The average molecular weight is 494 g/mol. The first kappa shape index (κ1) is 22.9. The van der Waals surface area contributed by atoms with Gasteiger partial charge < -0.3 is 19.2 Å². The van der Waals surface area contributed by atoms with Crippen molar-refractivity contribution in [1.82, 2.24) is 15.0 Å². The Balaban J connectivity index is 1.52. The van der Waals surface area contributed by atoms with Crippen molar-refractivity contribution in [3.8, 4) is 17.2 Å². The van der Waals surface area contributed by atoms with Crippen molar-refractivity contribution in [2.75, 3.05) is 7.11 Å². The molecule has 172 valence electrons. The number of imidazole rings is 1. The maximum Gasteiger partial charge on any atom is 0.487 e. The molecule has 11 heteroatoms. The Morgan fingerprint density at radius 2 is 1.94 bits per heavy atom. The molecule has 0 aliphatic rings. The number of hydrogen-bond acceptors (Lipinski definition) is 6. The van der Waals surface area contributed by atoms with E-state index in [1.807, 2.05) is 30.3 Å². The van der Waals surface area contributed by atoms with Crippen LogP contribution in [0.5, 0.6) is 17.2 Å². The zero-order valence-electron chi connectivity index (χ0n) is 17.3. The molecule has 0 fully saturated rings. The van der Waals surface area contributed by atoms with Gasteiger partial charge in [0, 0.05) is 29.9 Å². The molecule has 0 bridgehead atoms. The van der Waals surface area contributed by atoms with Gasteiger partial charge >= 0.3 is 5.57 Å². The first-order chi connectivity index (χ1) is 15.8. The maximum atomic E-state index is 13.0. The molecule has 2 aromatic carbocycles. The molecule has 33 heavy (non-hydrogen) atoms. The van der Waals surface area contributed by atoms with Gasteiger partial charge in [0.05, 0.1) is 40.4 Å². The van der Waals surface area contributed by atoms with Gasteiger partial charge in [-0.15, -0.1) is 8.78 Å². The molecule has 2 heterocycles. The van der Waals surface area contributed by atoms with E-state index < -0.39 is 16.4 Å². The number of nitrogens with zero attached hydrogens (tertiary/aromatic N) is 2. The molecule has 0 saturated heterocycles. The summed E-state index contributed by atoms with van der Waals surface area (Å²) in [7, 11) is -0.152. The Bertz CT molecular complexity index is 1280. The summed E-state index contributed by atoms with van der Waals surface area (Å²) in [5.74, 6) is 0.680. The second kappa shape index (κ2) is 9.72. The van der Waals surface area contributed by atoms with Crippen LogP contribution in [0.4, 0.5) is 8.78 Å². The molecule has 7 nitrogen and oxygen atoms in total. The third-order valence-electron chi connectivity index (χ3n) is 4.53. The van der Waals surface area contributed by atoms with Gasteiger partial charge in [-0.25, -0.2) is 4.98 Å². The lowest BCUT2D eigenvalue weighted by molar-refractivity contribution is -0.0964. The zero-order valence-corrected chi connectivity index (χ0v) is 18.8. The van der Waals surface area contributed by atoms with Crippen LogP contribution in [0, 0.1) is 0 Å².